The Balaban J connectivity index is 1.88. The fourth-order valence-corrected chi connectivity index (χ4v) is 3.77. The minimum atomic E-state index is -2.99. The van der Waals surface area contributed by atoms with Gasteiger partial charge in [-0.25, -0.2) is 18.4 Å². The van der Waals surface area contributed by atoms with E-state index in [1.807, 2.05) is 0 Å². The quantitative estimate of drug-likeness (QED) is 0.802. The normalized spacial score (nSPS) is 21.4. The highest BCUT2D eigenvalue weighted by Gasteiger charge is 2.38. The minimum absolute atomic E-state index is 0.138. The van der Waals surface area contributed by atoms with E-state index >= 15 is 0 Å². The van der Waals surface area contributed by atoms with Crippen molar-refractivity contribution in [2.45, 2.75) is 24.2 Å². The Bertz CT molecular complexity index is 845. The number of halogens is 1. The zero-order chi connectivity index (χ0) is 15.9. The molecule has 0 N–H and O–H groups in total. The van der Waals surface area contributed by atoms with Crippen LogP contribution in [-0.4, -0.2) is 36.0 Å². The fraction of sp³-hybridized carbons (Fsp3) is 0.333. The number of rotatable bonds is 4. The minimum Gasteiger partial charge on any atom is -0.474 e. The number of ether oxygens (including phenoxy) is 1. The number of hydrogen-bond donors (Lipinski definition) is 0. The molecule has 0 amide bonds. The lowest BCUT2D eigenvalue weighted by Crippen LogP contribution is -2.42. The van der Waals surface area contributed by atoms with Gasteiger partial charge in [0.25, 0.3) is 0 Å². The molecule has 1 aliphatic carbocycles. The van der Waals surface area contributed by atoms with Crippen LogP contribution in [0, 0.1) is 0 Å². The van der Waals surface area contributed by atoms with Crippen LogP contribution in [0.4, 0.5) is 0 Å². The lowest BCUT2D eigenvalue weighted by atomic mass is 9.95. The van der Waals surface area contributed by atoms with Crippen molar-refractivity contribution in [3.8, 4) is 5.88 Å². The molecule has 0 spiro atoms. The molecule has 0 saturated heterocycles. The van der Waals surface area contributed by atoms with E-state index in [1.54, 1.807) is 24.5 Å². The summed E-state index contributed by atoms with van der Waals surface area (Å²) in [6, 6.07) is 1.74. The van der Waals surface area contributed by atoms with Crippen LogP contribution in [-0.2, 0) is 9.84 Å². The Kier molecular flexibility index (Phi) is 3.82. The van der Waals surface area contributed by atoms with Gasteiger partial charge in [0, 0.05) is 42.4 Å². The molecule has 0 bridgehead atoms. The molecule has 7 heteroatoms. The third kappa shape index (κ3) is 2.80. The van der Waals surface area contributed by atoms with Crippen molar-refractivity contribution >= 4 is 38.3 Å². The number of nitrogens with zero attached hydrogens (tertiary/aromatic N) is 2. The maximum atomic E-state index is 11.4. The highest BCUT2D eigenvalue weighted by atomic mass is 35.5. The number of sulfone groups is 1. The Morgan fingerprint density at radius 3 is 2.68 bits per heavy atom. The van der Waals surface area contributed by atoms with Crippen LogP contribution in [0.1, 0.15) is 18.4 Å². The number of hydrogen-bond acceptors (Lipinski definition) is 5. The third-order valence-electron chi connectivity index (χ3n) is 3.89. The van der Waals surface area contributed by atoms with Crippen molar-refractivity contribution in [3.63, 3.8) is 0 Å². The molecule has 5 nitrogen and oxygen atoms in total. The Hall–Kier alpha value is -1.66. The summed E-state index contributed by atoms with van der Waals surface area (Å²) in [6.07, 6.45) is 7.07. The highest BCUT2D eigenvalue weighted by molar-refractivity contribution is 7.91. The van der Waals surface area contributed by atoms with E-state index in [1.165, 1.54) is 6.26 Å². The summed E-state index contributed by atoms with van der Waals surface area (Å²) in [6.45, 7) is 3.75. The average molecular weight is 339 g/mol. The van der Waals surface area contributed by atoms with E-state index < -0.39 is 9.84 Å². The smallest absolute Gasteiger partial charge is 0.223 e. The zero-order valence-corrected chi connectivity index (χ0v) is 13.6. The molecular weight excluding hydrogens is 324 g/mol. The van der Waals surface area contributed by atoms with Gasteiger partial charge in [-0.05, 0) is 6.07 Å². The zero-order valence-electron chi connectivity index (χ0n) is 12.0. The molecule has 2 aromatic rings. The van der Waals surface area contributed by atoms with Crippen molar-refractivity contribution in [2.75, 3.05) is 6.26 Å². The molecule has 1 aliphatic rings. The van der Waals surface area contributed by atoms with Crippen molar-refractivity contribution < 1.29 is 13.2 Å². The van der Waals surface area contributed by atoms with Crippen LogP contribution in [0.5, 0.6) is 5.88 Å². The van der Waals surface area contributed by atoms with Gasteiger partial charge in [-0.15, -0.1) is 0 Å². The molecule has 0 atom stereocenters. The monoisotopic (exact) mass is 338 g/mol. The Morgan fingerprint density at radius 1 is 1.32 bits per heavy atom. The largest absolute Gasteiger partial charge is 0.474 e. The van der Waals surface area contributed by atoms with Crippen LogP contribution in [0.3, 0.4) is 0 Å². The maximum Gasteiger partial charge on any atom is 0.223 e. The molecule has 2 heterocycles. The van der Waals surface area contributed by atoms with Gasteiger partial charge in [0.15, 0.2) is 9.84 Å². The highest BCUT2D eigenvalue weighted by Crippen LogP contribution is 2.34. The summed E-state index contributed by atoms with van der Waals surface area (Å²) in [5.74, 6) is 0.446. The van der Waals surface area contributed by atoms with Crippen molar-refractivity contribution in [1.29, 1.82) is 0 Å². The first-order chi connectivity index (χ1) is 10.4. The molecule has 0 unspecified atom stereocenters. The van der Waals surface area contributed by atoms with E-state index in [0.717, 1.165) is 16.3 Å². The number of fused-ring (bicyclic) bond motifs is 1. The van der Waals surface area contributed by atoms with Gasteiger partial charge in [-0.1, -0.05) is 24.3 Å². The van der Waals surface area contributed by atoms with Gasteiger partial charge < -0.3 is 4.74 Å². The second-order valence-electron chi connectivity index (χ2n) is 5.44. The van der Waals surface area contributed by atoms with E-state index in [0.29, 0.717) is 23.9 Å². The number of aromatic nitrogens is 2. The molecule has 0 aromatic carbocycles. The van der Waals surface area contributed by atoms with Gasteiger partial charge in [0.1, 0.15) is 11.3 Å². The summed E-state index contributed by atoms with van der Waals surface area (Å²) < 4.78 is 28.7. The second-order valence-corrected chi connectivity index (χ2v) is 8.15. The third-order valence-corrected chi connectivity index (χ3v) is 5.69. The summed E-state index contributed by atoms with van der Waals surface area (Å²) in [7, 11) is -2.99. The number of pyridine rings is 2. The standard InChI is InChI=1S/C15H15ClN2O3S/c1-3-9-7-18-15(13-8-17-14(16)6-12(9)13)21-10-4-11(5-10)22(2,19)20/h3,6-8,10-11H,1,4-5H2,2H3. The van der Waals surface area contributed by atoms with E-state index in [2.05, 4.69) is 16.5 Å². The van der Waals surface area contributed by atoms with Gasteiger partial charge in [-0.3, -0.25) is 0 Å². The summed E-state index contributed by atoms with van der Waals surface area (Å²) in [5.41, 5.74) is 0.842. The van der Waals surface area contributed by atoms with Gasteiger partial charge >= 0.3 is 0 Å². The van der Waals surface area contributed by atoms with E-state index in [4.69, 9.17) is 16.3 Å². The van der Waals surface area contributed by atoms with Crippen molar-refractivity contribution in [2.24, 2.45) is 0 Å². The SMILES string of the molecule is C=Cc1cnc(OC2CC(S(C)(=O)=O)C2)c2cnc(Cl)cc12. The van der Waals surface area contributed by atoms with E-state index in [-0.39, 0.29) is 11.4 Å². The predicted octanol–water partition coefficient (Wildman–Crippen LogP) is 2.88. The van der Waals surface area contributed by atoms with Crippen molar-refractivity contribution in [1.82, 2.24) is 9.97 Å². The molecule has 2 aromatic heterocycles. The molecule has 22 heavy (non-hydrogen) atoms. The maximum absolute atomic E-state index is 11.4. The summed E-state index contributed by atoms with van der Waals surface area (Å²) >= 11 is 5.94. The van der Waals surface area contributed by atoms with Crippen LogP contribution in [0.25, 0.3) is 16.8 Å². The van der Waals surface area contributed by atoms with Gasteiger partial charge in [-0.2, -0.15) is 0 Å². The first kappa shape index (κ1) is 15.2. The molecule has 0 aliphatic heterocycles. The molecular formula is C15H15ClN2O3S. The van der Waals surface area contributed by atoms with Crippen LogP contribution in [0.2, 0.25) is 5.15 Å². The summed E-state index contributed by atoms with van der Waals surface area (Å²) in [5, 5.41) is 1.67. The van der Waals surface area contributed by atoms with Gasteiger partial charge in [0.2, 0.25) is 5.88 Å². The Morgan fingerprint density at radius 2 is 2.05 bits per heavy atom. The first-order valence-corrected chi connectivity index (χ1v) is 9.14. The fourth-order valence-electron chi connectivity index (χ4n) is 2.48. The molecule has 116 valence electrons. The topological polar surface area (TPSA) is 69.2 Å². The second kappa shape index (κ2) is 5.52. The van der Waals surface area contributed by atoms with Crippen molar-refractivity contribution in [3.05, 3.63) is 35.8 Å². The average Bonchev–Trinajstić information content (AvgIpc) is 2.40. The van der Waals surface area contributed by atoms with Crippen LogP contribution >= 0.6 is 11.6 Å². The Labute approximate surface area is 133 Å². The lowest BCUT2D eigenvalue weighted by molar-refractivity contribution is 0.119. The van der Waals surface area contributed by atoms with Crippen LogP contribution in [0.15, 0.2) is 25.0 Å². The van der Waals surface area contributed by atoms with Gasteiger partial charge in [0.05, 0.1) is 10.6 Å². The molecule has 0 radical (unpaired) electrons. The first-order valence-electron chi connectivity index (χ1n) is 6.80. The lowest BCUT2D eigenvalue weighted by Gasteiger charge is -2.33. The van der Waals surface area contributed by atoms with E-state index in [9.17, 15) is 8.42 Å². The predicted molar refractivity (Wildman–Crippen MR) is 86.9 cm³/mol. The summed E-state index contributed by atoms with van der Waals surface area (Å²) in [4.78, 5) is 8.35. The molecule has 3 rings (SSSR count). The molecule has 1 saturated carbocycles. The van der Waals surface area contributed by atoms with Crippen LogP contribution < -0.4 is 4.74 Å². The molecule has 1 fully saturated rings.